The number of amides is 2. The van der Waals surface area contributed by atoms with Crippen molar-refractivity contribution < 1.29 is 14.3 Å². The third-order valence-electron chi connectivity index (χ3n) is 2.76. The third-order valence-corrected chi connectivity index (χ3v) is 2.76. The van der Waals surface area contributed by atoms with Gasteiger partial charge in [-0.1, -0.05) is 6.92 Å². The molecule has 1 heterocycles. The number of ether oxygens (including phenoxy) is 1. The van der Waals surface area contributed by atoms with Crippen LogP contribution < -0.4 is 11.1 Å². The number of rotatable bonds is 4. The van der Waals surface area contributed by atoms with Gasteiger partial charge in [-0.05, 0) is 13.3 Å². The van der Waals surface area contributed by atoms with Gasteiger partial charge in [0.15, 0.2) is 0 Å². The van der Waals surface area contributed by atoms with E-state index in [1.54, 1.807) is 4.90 Å². The zero-order valence-corrected chi connectivity index (χ0v) is 10.4. The molecule has 2 atom stereocenters. The molecule has 1 aliphatic heterocycles. The van der Waals surface area contributed by atoms with Crippen molar-refractivity contribution in [1.82, 2.24) is 10.2 Å². The summed E-state index contributed by atoms with van der Waals surface area (Å²) in [7, 11) is 0. The number of carbonyl (C=O) groups is 2. The van der Waals surface area contributed by atoms with Crippen LogP contribution >= 0.6 is 0 Å². The summed E-state index contributed by atoms with van der Waals surface area (Å²) < 4.78 is 5.66. The highest BCUT2D eigenvalue weighted by atomic mass is 16.5. The van der Waals surface area contributed by atoms with Crippen molar-refractivity contribution in [1.29, 1.82) is 0 Å². The average Bonchev–Trinajstić information content (AvgIpc) is 2.34. The van der Waals surface area contributed by atoms with E-state index in [1.807, 2.05) is 13.8 Å². The maximum atomic E-state index is 11.8. The summed E-state index contributed by atoms with van der Waals surface area (Å²) in [5.74, 6) is -0.396. The Balaban J connectivity index is 2.42. The van der Waals surface area contributed by atoms with Gasteiger partial charge in [0, 0.05) is 13.1 Å². The summed E-state index contributed by atoms with van der Waals surface area (Å²) in [5.41, 5.74) is 5.15. The number of nitrogens with two attached hydrogens (primary N) is 1. The summed E-state index contributed by atoms with van der Waals surface area (Å²) in [6.45, 7) is 5.07. The summed E-state index contributed by atoms with van der Waals surface area (Å²) >= 11 is 0. The predicted octanol–water partition coefficient (Wildman–Crippen LogP) is -0.913. The zero-order chi connectivity index (χ0) is 12.8. The molecular formula is C11H21N3O3. The first-order chi connectivity index (χ1) is 8.06. The second-order valence-corrected chi connectivity index (χ2v) is 4.26. The lowest BCUT2D eigenvalue weighted by atomic mass is 10.2. The first kappa shape index (κ1) is 13.9. The van der Waals surface area contributed by atoms with Gasteiger partial charge >= 0.3 is 0 Å². The topological polar surface area (TPSA) is 84.7 Å². The van der Waals surface area contributed by atoms with Gasteiger partial charge in [-0.15, -0.1) is 0 Å². The second-order valence-electron chi connectivity index (χ2n) is 4.26. The fourth-order valence-corrected chi connectivity index (χ4v) is 1.83. The zero-order valence-electron chi connectivity index (χ0n) is 10.4. The van der Waals surface area contributed by atoms with E-state index in [-0.39, 0.29) is 37.1 Å². The van der Waals surface area contributed by atoms with E-state index in [4.69, 9.17) is 10.5 Å². The van der Waals surface area contributed by atoms with Crippen LogP contribution in [0, 0.1) is 0 Å². The Morgan fingerprint density at radius 3 is 2.76 bits per heavy atom. The van der Waals surface area contributed by atoms with E-state index in [2.05, 4.69) is 5.32 Å². The van der Waals surface area contributed by atoms with Gasteiger partial charge in [0.1, 0.15) is 0 Å². The van der Waals surface area contributed by atoms with Gasteiger partial charge in [-0.25, -0.2) is 0 Å². The molecule has 1 aliphatic rings. The van der Waals surface area contributed by atoms with E-state index in [1.165, 1.54) is 0 Å². The highest BCUT2D eigenvalue weighted by molar-refractivity contribution is 5.85. The Bertz CT molecular complexity index is 283. The summed E-state index contributed by atoms with van der Waals surface area (Å²) in [6.07, 6.45) is 1.01. The molecule has 0 spiro atoms. The molecule has 0 aromatic heterocycles. The lowest BCUT2D eigenvalue weighted by Crippen LogP contribution is -2.51. The van der Waals surface area contributed by atoms with Crippen LogP contribution in [0.1, 0.15) is 20.3 Å². The Hall–Kier alpha value is -1.14. The van der Waals surface area contributed by atoms with Crippen molar-refractivity contribution in [3.05, 3.63) is 0 Å². The van der Waals surface area contributed by atoms with Gasteiger partial charge in [0.2, 0.25) is 11.8 Å². The van der Waals surface area contributed by atoms with Crippen LogP contribution in [0.25, 0.3) is 0 Å². The standard InChI is InChI=1S/C11H21N3O3/c1-3-9-7-14(6-8(2)17-9)11(16)5-13-10(15)4-12/h8-9H,3-7,12H2,1-2H3,(H,13,15). The van der Waals surface area contributed by atoms with Crippen molar-refractivity contribution in [2.24, 2.45) is 5.73 Å². The highest BCUT2D eigenvalue weighted by Crippen LogP contribution is 2.13. The van der Waals surface area contributed by atoms with Crippen molar-refractivity contribution in [3.63, 3.8) is 0 Å². The molecule has 0 aliphatic carbocycles. The van der Waals surface area contributed by atoms with Gasteiger partial charge in [0.05, 0.1) is 25.3 Å². The first-order valence-corrected chi connectivity index (χ1v) is 5.96. The maximum absolute atomic E-state index is 11.8. The SMILES string of the molecule is CCC1CN(C(=O)CNC(=O)CN)CC(C)O1. The number of carbonyl (C=O) groups excluding carboxylic acids is 2. The molecule has 1 fully saturated rings. The number of nitrogens with one attached hydrogen (secondary N) is 1. The van der Waals surface area contributed by atoms with Crippen LogP contribution in [0.3, 0.4) is 0 Å². The van der Waals surface area contributed by atoms with Crippen LogP contribution in [0.2, 0.25) is 0 Å². The molecule has 2 unspecified atom stereocenters. The monoisotopic (exact) mass is 243 g/mol. The molecule has 98 valence electrons. The summed E-state index contributed by atoms with van der Waals surface area (Å²) in [5, 5.41) is 2.48. The molecule has 6 nitrogen and oxygen atoms in total. The third kappa shape index (κ3) is 4.32. The van der Waals surface area contributed by atoms with Crippen LogP contribution in [0.4, 0.5) is 0 Å². The second kappa shape index (κ2) is 6.56. The molecular weight excluding hydrogens is 222 g/mol. The molecule has 3 N–H and O–H groups in total. The van der Waals surface area contributed by atoms with Crippen LogP contribution in [0.15, 0.2) is 0 Å². The molecule has 17 heavy (non-hydrogen) atoms. The number of nitrogens with zero attached hydrogens (tertiary/aromatic N) is 1. The van der Waals surface area contributed by atoms with E-state index >= 15 is 0 Å². The van der Waals surface area contributed by atoms with Crippen molar-refractivity contribution in [2.45, 2.75) is 32.5 Å². The highest BCUT2D eigenvalue weighted by Gasteiger charge is 2.27. The molecule has 0 saturated carbocycles. The average molecular weight is 243 g/mol. The number of hydrogen-bond donors (Lipinski definition) is 2. The van der Waals surface area contributed by atoms with E-state index in [0.717, 1.165) is 6.42 Å². The van der Waals surface area contributed by atoms with Crippen LogP contribution in [0.5, 0.6) is 0 Å². The van der Waals surface area contributed by atoms with E-state index < -0.39 is 0 Å². The lowest BCUT2D eigenvalue weighted by Gasteiger charge is -2.36. The normalized spacial score (nSPS) is 24.5. The fourth-order valence-electron chi connectivity index (χ4n) is 1.83. The van der Waals surface area contributed by atoms with Gasteiger partial charge in [0.25, 0.3) is 0 Å². The Morgan fingerprint density at radius 1 is 1.47 bits per heavy atom. The first-order valence-electron chi connectivity index (χ1n) is 5.96. The van der Waals surface area contributed by atoms with Crippen LogP contribution in [-0.2, 0) is 14.3 Å². The summed E-state index contributed by atoms with van der Waals surface area (Å²) in [4.78, 5) is 24.5. The maximum Gasteiger partial charge on any atom is 0.242 e. The molecule has 0 radical (unpaired) electrons. The minimum atomic E-state index is -0.313. The van der Waals surface area contributed by atoms with E-state index in [0.29, 0.717) is 13.1 Å². The van der Waals surface area contributed by atoms with Crippen molar-refractivity contribution >= 4 is 11.8 Å². The van der Waals surface area contributed by atoms with Crippen molar-refractivity contribution in [2.75, 3.05) is 26.2 Å². The van der Waals surface area contributed by atoms with Gasteiger partial charge < -0.3 is 20.7 Å². The molecule has 0 aromatic carbocycles. The minimum Gasteiger partial charge on any atom is -0.372 e. The number of hydrogen-bond acceptors (Lipinski definition) is 4. The largest absolute Gasteiger partial charge is 0.372 e. The minimum absolute atomic E-state index is 0.0131. The number of morpholine rings is 1. The summed E-state index contributed by atoms with van der Waals surface area (Å²) in [6, 6.07) is 0. The molecule has 0 bridgehead atoms. The fraction of sp³-hybridized carbons (Fsp3) is 0.818. The Labute approximate surface area is 101 Å². The van der Waals surface area contributed by atoms with Gasteiger partial charge in [-0.3, -0.25) is 9.59 Å². The molecule has 1 rings (SSSR count). The van der Waals surface area contributed by atoms with Gasteiger partial charge in [-0.2, -0.15) is 0 Å². The molecule has 6 heteroatoms. The quantitative estimate of drug-likeness (QED) is 0.669. The smallest absolute Gasteiger partial charge is 0.242 e. The van der Waals surface area contributed by atoms with Crippen LogP contribution in [-0.4, -0.2) is 55.1 Å². The Kier molecular flexibility index (Phi) is 5.37. The Morgan fingerprint density at radius 2 is 2.18 bits per heavy atom. The van der Waals surface area contributed by atoms with Crippen molar-refractivity contribution in [3.8, 4) is 0 Å². The molecule has 2 amide bonds. The lowest BCUT2D eigenvalue weighted by molar-refractivity contribution is -0.144. The van der Waals surface area contributed by atoms with E-state index in [9.17, 15) is 9.59 Å². The molecule has 1 saturated heterocycles. The molecule has 0 aromatic rings. The predicted molar refractivity (Wildman–Crippen MR) is 63.3 cm³/mol.